The summed E-state index contributed by atoms with van der Waals surface area (Å²) in [7, 11) is 0. The van der Waals surface area contributed by atoms with Crippen molar-refractivity contribution in [1.29, 1.82) is 0 Å². The van der Waals surface area contributed by atoms with E-state index in [-0.39, 0.29) is 11.2 Å². The van der Waals surface area contributed by atoms with Gasteiger partial charge in [0.1, 0.15) is 10.8 Å². The van der Waals surface area contributed by atoms with E-state index in [4.69, 9.17) is 16.3 Å². The monoisotopic (exact) mass is 315 g/mol. The molecule has 1 fully saturated rings. The van der Waals surface area contributed by atoms with E-state index in [0.717, 1.165) is 6.20 Å². The molecule has 1 saturated heterocycles. The number of hydrogen-bond acceptors (Lipinski definition) is 4. The molecule has 1 aliphatic heterocycles. The SMILES string of the molecule is CC(C)(C)OC(=O)N1CCN(c2cc(Cl)ncc2F)CC1. The highest BCUT2D eigenvalue weighted by Crippen LogP contribution is 2.23. The van der Waals surface area contributed by atoms with Gasteiger partial charge in [-0.05, 0) is 20.8 Å². The number of rotatable bonds is 1. The molecule has 116 valence electrons. The maximum Gasteiger partial charge on any atom is 0.410 e. The van der Waals surface area contributed by atoms with Gasteiger partial charge in [-0.1, -0.05) is 11.6 Å². The topological polar surface area (TPSA) is 45.7 Å². The Morgan fingerprint density at radius 3 is 2.52 bits per heavy atom. The molecule has 0 saturated carbocycles. The van der Waals surface area contributed by atoms with Crippen LogP contribution in [-0.2, 0) is 4.74 Å². The molecule has 0 spiro atoms. The summed E-state index contributed by atoms with van der Waals surface area (Å²) in [4.78, 5) is 19.1. The third-order valence-corrected chi connectivity index (χ3v) is 3.28. The Balaban J connectivity index is 1.97. The second-order valence-electron chi connectivity index (χ2n) is 5.91. The lowest BCUT2D eigenvalue weighted by Crippen LogP contribution is -2.50. The molecule has 2 rings (SSSR count). The van der Waals surface area contributed by atoms with Crippen molar-refractivity contribution >= 4 is 23.4 Å². The smallest absolute Gasteiger partial charge is 0.410 e. The quantitative estimate of drug-likeness (QED) is 0.748. The molecule has 1 aromatic rings. The first-order chi connectivity index (χ1) is 9.76. The predicted octanol–water partition coefficient (Wildman–Crippen LogP) is 2.93. The molecule has 0 N–H and O–H groups in total. The normalized spacial score (nSPS) is 16.0. The fourth-order valence-corrected chi connectivity index (χ4v) is 2.25. The Labute approximate surface area is 128 Å². The third kappa shape index (κ3) is 4.20. The summed E-state index contributed by atoms with van der Waals surface area (Å²) >= 11 is 5.80. The maximum atomic E-state index is 13.8. The lowest BCUT2D eigenvalue weighted by atomic mass is 10.2. The van der Waals surface area contributed by atoms with Crippen molar-refractivity contribution in [2.75, 3.05) is 31.1 Å². The average Bonchev–Trinajstić information content (AvgIpc) is 2.40. The summed E-state index contributed by atoms with van der Waals surface area (Å²) in [5, 5.41) is 0.251. The van der Waals surface area contributed by atoms with Gasteiger partial charge in [0.15, 0.2) is 5.82 Å². The van der Waals surface area contributed by atoms with Crippen LogP contribution in [0.2, 0.25) is 5.15 Å². The average molecular weight is 316 g/mol. The number of hydrogen-bond donors (Lipinski definition) is 0. The Kier molecular flexibility index (Phi) is 4.56. The Morgan fingerprint density at radius 2 is 1.95 bits per heavy atom. The summed E-state index contributed by atoms with van der Waals surface area (Å²) in [6, 6.07) is 1.50. The van der Waals surface area contributed by atoms with Crippen LogP contribution in [0.5, 0.6) is 0 Å². The molecule has 1 aromatic heterocycles. The van der Waals surface area contributed by atoms with Gasteiger partial charge in [0.25, 0.3) is 0 Å². The molecule has 2 heterocycles. The van der Waals surface area contributed by atoms with Gasteiger partial charge in [-0.25, -0.2) is 14.2 Å². The molecule has 0 atom stereocenters. The minimum atomic E-state index is -0.515. The van der Waals surface area contributed by atoms with E-state index in [1.54, 1.807) is 4.90 Å². The molecule has 0 aromatic carbocycles. The van der Waals surface area contributed by atoms with Crippen molar-refractivity contribution in [2.45, 2.75) is 26.4 Å². The lowest BCUT2D eigenvalue weighted by molar-refractivity contribution is 0.0240. The first-order valence-electron chi connectivity index (χ1n) is 6.80. The van der Waals surface area contributed by atoms with Crippen LogP contribution < -0.4 is 4.90 Å². The van der Waals surface area contributed by atoms with Crippen LogP contribution in [0.15, 0.2) is 12.3 Å². The fraction of sp³-hybridized carbons (Fsp3) is 0.571. The predicted molar refractivity (Wildman–Crippen MR) is 79.2 cm³/mol. The van der Waals surface area contributed by atoms with Crippen LogP contribution in [-0.4, -0.2) is 47.8 Å². The minimum absolute atomic E-state index is 0.251. The van der Waals surface area contributed by atoms with Crippen LogP contribution in [0.4, 0.5) is 14.9 Å². The van der Waals surface area contributed by atoms with E-state index in [0.29, 0.717) is 31.9 Å². The highest BCUT2D eigenvalue weighted by atomic mass is 35.5. The Hall–Kier alpha value is -1.56. The molecule has 1 aliphatic rings. The second kappa shape index (κ2) is 6.05. The van der Waals surface area contributed by atoms with E-state index in [9.17, 15) is 9.18 Å². The number of anilines is 1. The van der Waals surface area contributed by atoms with Gasteiger partial charge in [0.2, 0.25) is 0 Å². The largest absolute Gasteiger partial charge is 0.444 e. The first-order valence-corrected chi connectivity index (χ1v) is 7.18. The first kappa shape index (κ1) is 15.8. The van der Waals surface area contributed by atoms with Crippen molar-refractivity contribution in [3.8, 4) is 0 Å². The number of halogens is 2. The number of piperazine rings is 1. The number of aromatic nitrogens is 1. The van der Waals surface area contributed by atoms with Crippen LogP contribution in [0.3, 0.4) is 0 Å². The Morgan fingerprint density at radius 1 is 1.33 bits per heavy atom. The van der Waals surface area contributed by atoms with Crippen LogP contribution in [0.1, 0.15) is 20.8 Å². The zero-order valence-electron chi connectivity index (χ0n) is 12.4. The summed E-state index contributed by atoms with van der Waals surface area (Å²) in [5.41, 5.74) is -0.0993. The van der Waals surface area contributed by atoms with Gasteiger partial charge >= 0.3 is 6.09 Å². The summed E-state index contributed by atoms with van der Waals surface area (Å²) in [6.07, 6.45) is 0.771. The summed E-state index contributed by atoms with van der Waals surface area (Å²) in [5.74, 6) is -0.412. The standard InChI is InChI=1S/C14H19ClFN3O2/c1-14(2,3)21-13(20)19-6-4-18(5-7-19)11-8-12(15)17-9-10(11)16/h8-9H,4-7H2,1-3H3. The van der Waals surface area contributed by atoms with E-state index in [2.05, 4.69) is 4.98 Å². The van der Waals surface area contributed by atoms with Gasteiger partial charge in [0, 0.05) is 32.2 Å². The van der Waals surface area contributed by atoms with E-state index < -0.39 is 11.4 Å². The molecule has 7 heteroatoms. The number of amides is 1. The molecule has 0 bridgehead atoms. The molecule has 0 unspecified atom stereocenters. The van der Waals surface area contributed by atoms with Crippen LogP contribution in [0.25, 0.3) is 0 Å². The molecule has 0 radical (unpaired) electrons. The third-order valence-electron chi connectivity index (χ3n) is 3.07. The molecular formula is C14H19ClFN3O2. The van der Waals surface area contributed by atoms with Crippen LogP contribution in [0, 0.1) is 5.82 Å². The van der Waals surface area contributed by atoms with Gasteiger partial charge in [-0.2, -0.15) is 0 Å². The van der Waals surface area contributed by atoms with E-state index in [1.165, 1.54) is 6.07 Å². The highest BCUT2D eigenvalue weighted by Gasteiger charge is 2.26. The molecule has 21 heavy (non-hydrogen) atoms. The van der Waals surface area contributed by atoms with Gasteiger partial charge in [-0.3, -0.25) is 0 Å². The molecule has 1 amide bonds. The van der Waals surface area contributed by atoms with Crippen molar-refractivity contribution in [1.82, 2.24) is 9.88 Å². The molecule has 0 aliphatic carbocycles. The summed E-state index contributed by atoms with van der Waals surface area (Å²) in [6.45, 7) is 7.50. The van der Waals surface area contributed by atoms with Gasteiger partial charge in [0.05, 0.1) is 11.9 Å². The maximum absolute atomic E-state index is 13.8. The van der Waals surface area contributed by atoms with E-state index in [1.807, 2.05) is 25.7 Å². The Bertz CT molecular complexity index is 525. The van der Waals surface area contributed by atoms with Gasteiger partial charge < -0.3 is 14.5 Å². The summed E-state index contributed by atoms with van der Waals surface area (Å²) < 4.78 is 19.1. The van der Waals surface area contributed by atoms with Crippen molar-refractivity contribution in [2.24, 2.45) is 0 Å². The van der Waals surface area contributed by atoms with E-state index >= 15 is 0 Å². The zero-order valence-corrected chi connectivity index (χ0v) is 13.2. The number of pyridine rings is 1. The minimum Gasteiger partial charge on any atom is -0.444 e. The number of ether oxygens (including phenoxy) is 1. The molecule has 5 nitrogen and oxygen atoms in total. The number of carbonyl (C=O) groups is 1. The highest BCUT2D eigenvalue weighted by molar-refractivity contribution is 6.29. The fourth-order valence-electron chi connectivity index (χ4n) is 2.10. The van der Waals surface area contributed by atoms with Crippen LogP contribution >= 0.6 is 11.6 Å². The molecular weight excluding hydrogens is 297 g/mol. The second-order valence-corrected chi connectivity index (χ2v) is 6.30. The van der Waals surface area contributed by atoms with Crippen molar-refractivity contribution in [3.05, 3.63) is 23.2 Å². The number of carbonyl (C=O) groups excluding carboxylic acids is 1. The van der Waals surface area contributed by atoms with Gasteiger partial charge in [-0.15, -0.1) is 0 Å². The zero-order chi connectivity index (χ0) is 15.6. The number of nitrogens with zero attached hydrogens (tertiary/aromatic N) is 3. The van der Waals surface area contributed by atoms with Crippen molar-refractivity contribution in [3.63, 3.8) is 0 Å². The van der Waals surface area contributed by atoms with Crippen molar-refractivity contribution < 1.29 is 13.9 Å². The lowest BCUT2D eigenvalue weighted by Gasteiger charge is -2.36.